The molecule has 25 heavy (non-hydrogen) atoms. The third-order valence-corrected chi connectivity index (χ3v) is 5.07. The second-order valence-corrected chi connectivity index (χ2v) is 7.34. The Bertz CT molecular complexity index is 614. The van der Waals surface area contributed by atoms with Crippen LogP contribution < -0.4 is 10.1 Å². The van der Waals surface area contributed by atoms with Gasteiger partial charge in [-0.25, -0.2) is 4.98 Å². The van der Waals surface area contributed by atoms with Crippen molar-refractivity contribution >= 4 is 5.91 Å². The van der Waals surface area contributed by atoms with Gasteiger partial charge in [-0.3, -0.25) is 4.79 Å². The van der Waals surface area contributed by atoms with Crippen molar-refractivity contribution in [3.8, 4) is 11.9 Å². The van der Waals surface area contributed by atoms with Crippen LogP contribution in [0.2, 0.25) is 0 Å². The van der Waals surface area contributed by atoms with Crippen LogP contribution in [0.5, 0.6) is 5.88 Å². The van der Waals surface area contributed by atoms with Crippen LogP contribution in [-0.4, -0.2) is 34.2 Å². The van der Waals surface area contributed by atoms with Gasteiger partial charge in [0, 0.05) is 18.3 Å². The quantitative estimate of drug-likeness (QED) is 0.826. The molecule has 1 fully saturated rings. The predicted molar refractivity (Wildman–Crippen MR) is 93.8 cm³/mol. The number of carbonyl (C=O) groups is 1. The smallest absolute Gasteiger partial charge is 0.249 e. The number of ether oxygens (including phenoxy) is 1. The Kier molecular flexibility index (Phi) is 6.38. The number of amides is 1. The molecule has 0 radical (unpaired) electrons. The van der Waals surface area contributed by atoms with Crippen LogP contribution in [0.4, 0.5) is 0 Å². The van der Waals surface area contributed by atoms with Crippen LogP contribution in [0.3, 0.4) is 0 Å². The van der Waals surface area contributed by atoms with Gasteiger partial charge >= 0.3 is 0 Å². The van der Waals surface area contributed by atoms with Crippen molar-refractivity contribution < 1.29 is 14.6 Å². The highest BCUT2D eigenvalue weighted by molar-refractivity contribution is 5.81. The Morgan fingerprint density at radius 1 is 1.44 bits per heavy atom. The summed E-state index contributed by atoms with van der Waals surface area (Å²) in [6.45, 7) is 5.76. The highest BCUT2D eigenvalue weighted by Crippen LogP contribution is 2.26. The van der Waals surface area contributed by atoms with E-state index in [-0.39, 0.29) is 18.1 Å². The van der Waals surface area contributed by atoms with Crippen LogP contribution in [0.25, 0.3) is 0 Å². The lowest BCUT2D eigenvalue weighted by molar-refractivity contribution is -0.136. The standard InChI is InChI=1S/C19H27N3O3/c1-4-19(2,3)17(23)18(24)22-14-6-8-15(9-7-14)25-16-10-5-13(11-20)12-21-16/h5,10,12,14-15,17,23H,4,6-9H2,1-3H3,(H,22,24). The van der Waals surface area contributed by atoms with Crippen molar-refractivity contribution in [1.82, 2.24) is 10.3 Å². The Hall–Kier alpha value is -2.13. The monoisotopic (exact) mass is 345 g/mol. The molecule has 136 valence electrons. The number of aliphatic hydroxyl groups excluding tert-OH is 1. The number of hydrogen-bond donors (Lipinski definition) is 2. The maximum atomic E-state index is 12.2. The number of hydrogen-bond acceptors (Lipinski definition) is 5. The number of nitrogens with zero attached hydrogens (tertiary/aromatic N) is 2. The van der Waals surface area contributed by atoms with Gasteiger partial charge in [0.15, 0.2) is 0 Å². The average molecular weight is 345 g/mol. The highest BCUT2D eigenvalue weighted by atomic mass is 16.5. The van der Waals surface area contributed by atoms with Crippen molar-refractivity contribution in [2.75, 3.05) is 0 Å². The largest absolute Gasteiger partial charge is 0.474 e. The lowest BCUT2D eigenvalue weighted by atomic mass is 9.83. The van der Waals surface area contributed by atoms with Gasteiger partial charge in [-0.2, -0.15) is 5.26 Å². The van der Waals surface area contributed by atoms with E-state index in [4.69, 9.17) is 10.00 Å². The molecule has 6 nitrogen and oxygen atoms in total. The molecular formula is C19H27N3O3. The van der Waals surface area contributed by atoms with Gasteiger partial charge in [0.1, 0.15) is 18.3 Å². The predicted octanol–water partition coefficient (Wildman–Crippen LogP) is 2.56. The van der Waals surface area contributed by atoms with E-state index >= 15 is 0 Å². The molecule has 1 aromatic heterocycles. The second-order valence-electron chi connectivity index (χ2n) is 7.34. The summed E-state index contributed by atoms with van der Waals surface area (Å²) in [6, 6.07) is 5.49. The van der Waals surface area contributed by atoms with E-state index in [1.54, 1.807) is 12.1 Å². The first-order chi connectivity index (χ1) is 11.9. The number of pyridine rings is 1. The summed E-state index contributed by atoms with van der Waals surface area (Å²) in [6.07, 6.45) is 4.56. The molecule has 1 aromatic rings. The number of aliphatic hydroxyl groups is 1. The maximum Gasteiger partial charge on any atom is 0.249 e. The molecule has 1 aliphatic rings. The lowest BCUT2D eigenvalue weighted by Gasteiger charge is -2.32. The molecule has 2 rings (SSSR count). The Balaban J connectivity index is 1.79. The first kappa shape index (κ1) is 19.2. The summed E-state index contributed by atoms with van der Waals surface area (Å²) >= 11 is 0. The van der Waals surface area contributed by atoms with Gasteiger partial charge in [0.2, 0.25) is 11.8 Å². The summed E-state index contributed by atoms with van der Waals surface area (Å²) < 4.78 is 5.84. The van der Waals surface area contributed by atoms with E-state index in [0.29, 0.717) is 11.4 Å². The maximum absolute atomic E-state index is 12.2. The van der Waals surface area contributed by atoms with Gasteiger partial charge in [0.05, 0.1) is 5.56 Å². The van der Waals surface area contributed by atoms with E-state index in [1.165, 1.54) is 6.20 Å². The van der Waals surface area contributed by atoms with E-state index in [0.717, 1.165) is 32.1 Å². The molecule has 0 saturated heterocycles. The second kappa shape index (κ2) is 8.30. The van der Waals surface area contributed by atoms with Crippen LogP contribution >= 0.6 is 0 Å². The lowest BCUT2D eigenvalue weighted by Crippen LogP contribution is -2.48. The molecule has 1 saturated carbocycles. The van der Waals surface area contributed by atoms with Crippen LogP contribution in [-0.2, 0) is 4.79 Å². The van der Waals surface area contributed by atoms with Gasteiger partial charge in [-0.05, 0) is 43.6 Å². The number of nitrogens with one attached hydrogen (secondary N) is 1. The average Bonchev–Trinajstić information content (AvgIpc) is 2.63. The van der Waals surface area contributed by atoms with Crippen molar-refractivity contribution in [2.24, 2.45) is 5.41 Å². The van der Waals surface area contributed by atoms with Crippen molar-refractivity contribution in [3.63, 3.8) is 0 Å². The van der Waals surface area contributed by atoms with E-state index in [9.17, 15) is 9.90 Å². The molecule has 1 atom stereocenters. The number of nitriles is 1. The molecule has 0 bridgehead atoms. The van der Waals surface area contributed by atoms with Gasteiger partial charge in [-0.1, -0.05) is 20.8 Å². The molecule has 1 amide bonds. The minimum Gasteiger partial charge on any atom is -0.474 e. The Morgan fingerprint density at radius 2 is 2.12 bits per heavy atom. The molecule has 1 unspecified atom stereocenters. The highest BCUT2D eigenvalue weighted by Gasteiger charge is 2.33. The SMILES string of the molecule is CCC(C)(C)C(O)C(=O)NC1CCC(Oc2ccc(C#N)cn2)CC1. The van der Waals surface area contributed by atoms with Crippen molar-refractivity contribution in [2.45, 2.75) is 71.1 Å². The van der Waals surface area contributed by atoms with Gasteiger partial charge < -0.3 is 15.2 Å². The topological polar surface area (TPSA) is 95.2 Å². The minimum atomic E-state index is -0.991. The van der Waals surface area contributed by atoms with Crippen LogP contribution in [0.15, 0.2) is 18.3 Å². The molecule has 1 heterocycles. The van der Waals surface area contributed by atoms with Gasteiger partial charge in [-0.15, -0.1) is 0 Å². The minimum absolute atomic E-state index is 0.0607. The number of carbonyl (C=O) groups excluding carboxylic acids is 1. The fraction of sp³-hybridized carbons (Fsp3) is 0.632. The zero-order valence-corrected chi connectivity index (χ0v) is 15.2. The molecule has 0 aromatic carbocycles. The van der Waals surface area contributed by atoms with E-state index < -0.39 is 11.5 Å². The summed E-state index contributed by atoms with van der Waals surface area (Å²) in [4.78, 5) is 16.3. The molecule has 0 spiro atoms. The third kappa shape index (κ3) is 5.17. The molecule has 2 N–H and O–H groups in total. The summed E-state index contributed by atoms with van der Waals surface area (Å²) in [7, 11) is 0. The first-order valence-corrected chi connectivity index (χ1v) is 8.87. The number of rotatable bonds is 6. The van der Waals surface area contributed by atoms with E-state index in [1.807, 2.05) is 26.8 Å². The molecule has 0 aliphatic heterocycles. The van der Waals surface area contributed by atoms with Crippen molar-refractivity contribution in [3.05, 3.63) is 23.9 Å². The van der Waals surface area contributed by atoms with Gasteiger partial charge in [0.25, 0.3) is 0 Å². The Morgan fingerprint density at radius 3 is 2.64 bits per heavy atom. The third-order valence-electron chi connectivity index (χ3n) is 5.07. The molecular weight excluding hydrogens is 318 g/mol. The zero-order valence-electron chi connectivity index (χ0n) is 15.2. The zero-order chi connectivity index (χ0) is 18.4. The summed E-state index contributed by atoms with van der Waals surface area (Å²) in [5.74, 6) is 0.233. The molecule has 1 aliphatic carbocycles. The molecule has 6 heteroatoms. The summed E-state index contributed by atoms with van der Waals surface area (Å²) in [5.41, 5.74) is 0.0818. The fourth-order valence-corrected chi connectivity index (χ4v) is 2.84. The Labute approximate surface area is 149 Å². The summed E-state index contributed by atoms with van der Waals surface area (Å²) in [5, 5.41) is 21.9. The van der Waals surface area contributed by atoms with Crippen LogP contribution in [0, 0.1) is 16.7 Å². The fourth-order valence-electron chi connectivity index (χ4n) is 2.84. The normalized spacial score (nSPS) is 21.9. The number of aromatic nitrogens is 1. The van der Waals surface area contributed by atoms with Crippen LogP contribution in [0.1, 0.15) is 58.4 Å². The first-order valence-electron chi connectivity index (χ1n) is 8.87. The van der Waals surface area contributed by atoms with Crippen molar-refractivity contribution in [1.29, 1.82) is 5.26 Å². The van der Waals surface area contributed by atoms with E-state index in [2.05, 4.69) is 10.3 Å².